The molecule has 2 aromatic heterocycles. The lowest BCUT2D eigenvalue weighted by atomic mass is 10.3. The van der Waals surface area contributed by atoms with Gasteiger partial charge < -0.3 is 9.84 Å². The van der Waals surface area contributed by atoms with Gasteiger partial charge in [-0.05, 0) is 6.92 Å². The molecule has 2 rings (SSSR count). The van der Waals surface area contributed by atoms with Gasteiger partial charge in [0.2, 0.25) is 5.89 Å². The molecule has 88 valence electrons. The number of halogens is 1. The van der Waals surface area contributed by atoms with Crippen LogP contribution >= 0.6 is 11.6 Å². The summed E-state index contributed by atoms with van der Waals surface area (Å²) in [7, 11) is 0. The first-order valence-corrected chi connectivity index (χ1v) is 5.07. The van der Waals surface area contributed by atoms with Gasteiger partial charge in [0.25, 0.3) is 0 Å². The number of nitrogens with one attached hydrogen (secondary N) is 1. The number of carbonyl (C=O) groups is 1. The summed E-state index contributed by atoms with van der Waals surface area (Å²) < 4.78 is 4.90. The molecule has 1 N–H and O–H groups in total. The van der Waals surface area contributed by atoms with Gasteiger partial charge in [-0.25, -0.2) is 9.97 Å². The Morgan fingerprint density at radius 2 is 2.35 bits per heavy atom. The van der Waals surface area contributed by atoms with E-state index in [1.54, 1.807) is 6.92 Å². The minimum Gasteiger partial charge on any atom is -0.360 e. The minimum absolute atomic E-state index is 0.0965. The van der Waals surface area contributed by atoms with Crippen molar-refractivity contribution in [2.24, 2.45) is 0 Å². The summed E-state index contributed by atoms with van der Waals surface area (Å²) in [5.74, 6) is 1.27. The third-order valence-corrected chi connectivity index (χ3v) is 2.23. The maximum atomic E-state index is 10.8. The minimum atomic E-state index is 0.0965. The lowest BCUT2D eigenvalue weighted by molar-refractivity contribution is 0.112. The van der Waals surface area contributed by atoms with Crippen LogP contribution in [0, 0.1) is 6.92 Å². The summed E-state index contributed by atoms with van der Waals surface area (Å²) in [6.45, 7) is 1.97. The van der Waals surface area contributed by atoms with Crippen molar-refractivity contribution in [3.05, 3.63) is 28.8 Å². The molecule has 0 saturated carbocycles. The molecule has 0 bridgehead atoms. The standard InChI is InChI=1S/C9H8ClN5O2/c1-5-14-7(17-15-5)2-11-9-6(3-16)8(10)12-4-13-9/h3-4H,2H2,1H3,(H,11,12,13). The molecule has 2 heterocycles. The van der Waals surface area contributed by atoms with Crippen LogP contribution < -0.4 is 5.32 Å². The summed E-state index contributed by atoms with van der Waals surface area (Å²) in [6.07, 6.45) is 1.85. The summed E-state index contributed by atoms with van der Waals surface area (Å²) in [6, 6.07) is 0. The van der Waals surface area contributed by atoms with E-state index in [9.17, 15) is 4.79 Å². The van der Waals surface area contributed by atoms with Crippen LogP contribution in [0.3, 0.4) is 0 Å². The van der Waals surface area contributed by atoms with Gasteiger partial charge >= 0.3 is 0 Å². The van der Waals surface area contributed by atoms with Crippen LogP contribution in [0.25, 0.3) is 0 Å². The van der Waals surface area contributed by atoms with Crippen LogP contribution in [-0.4, -0.2) is 26.4 Å². The van der Waals surface area contributed by atoms with E-state index < -0.39 is 0 Å². The Morgan fingerprint density at radius 1 is 1.53 bits per heavy atom. The van der Waals surface area contributed by atoms with Gasteiger partial charge in [-0.2, -0.15) is 4.98 Å². The monoisotopic (exact) mass is 253 g/mol. The molecule has 0 amide bonds. The van der Waals surface area contributed by atoms with Crippen LogP contribution in [-0.2, 0) is 6.54 Å². The Hall–Kier alpha value is -2.02. The number of aryl methyl sites for hydroxylation is 1. The van der Waals surface area contributed by atoms with Crippen LogP contribution in [0.5, 0.6) is 0 Å². The molecule has 0 aromatic carbocycles. The van der Waals surface area contributed by atoms with E-state index in [1.165, 1.54) is 6.33 Å². The van der Waals surface area contributed by atoms with Crippen molar-refractivity contribution in [1.29, 1.82) is 0 Å². The number of hydrogen-bond acceptors (Lipinski definition) is 7. The second-order valence-corrected chi connectivity index (χ2v) is 3.49. The topological polar surface area (TPSA) is 93.8 Å². The lowest BCUT2D eigenvalue weighted by Crippen LogP contribution is -2.05. The van der Waals surface area contributed by atoms with Crippen molar-refractivity contribution in [1.82, 2.24) is 20.1 Å². The molecular formula is C9H8ClN5O2. The molecule has 0 aliphatic rings. The second-order valence-electron chi connectivity index (χ2n) is 3.13. The molecule has 0 aliphatic carbocycles. The fourth-order valence-electron chi connectivity index (χ4n) is 1.19. The van der Waals surface area contributed by atoms with Crippen molar-refractivity contribution >= 4 is 23.7 Å². The molecule has 0 unspecified atom stereocenters. The molecule has 0 spiro atoms. The number of aromatic nitrogens is 4. The molecule has 7 nitrogen and oxygen atoms in total. The number of nitrogens with zero attached hydrogens (tertiary/aromatic N) is 4. The lowest BCUT2D eigenvalue weighted by Gasteiger charge is -2.05. The molecular weight excluding hydrogens is 246 g/mol. The van der Waals surface area contributed by atoms with E-state index in [-0.39, 0.29) is 17.3 Å². The predicted octanol–water partition coefficient (Wildman–Crippen LogP) is 1.25. The Balaban J connectivity index is 2.14. The Kier molecular flexibility index (Phi) is 3.29. The zero-order valence-corrected chi connectivity index (χ0v) is 9.60. The zero-order valence-electron chi connectivity index (χ0n) is 8.85. The number of carbonyl (C=O) groups excluding carboxylic acids is 1. The molecule has 2 aromatic rings. The molecule has 0 saturated heterocycles. The third kappa shape index (κ3) is 2.56. The maximum Gasteiger partial charge on any atom is 0.245 e. The van der Waals surface area contributed by atoms with E-state index in [0.717, 1.165) is 0 Å². The molecule has 17 heavy (non-hydrogen) atoms. The maximum absolute atomic E-state index is 10.8. The highest BCUT2D eigenvalue weighted by molar-refractivity contribution is 6.32. The number of aldehydes is 1. The Bertz CT molecular complexity index is 542. The van der Waals surface area contributed by atoms with Gasteiger partial charge in [0.15, 0.2) is 12.1 Å². The van der Waals surface area contributed by atoms with Gasteiger partial charge in [0.05, 0.1) is 12.1 Å². The van der Waals surface area contributed by atoms with Crippen molar-refractivity contribution in [3.8, 4) is 0 Å². The van der Waals surface area contributed by atoms with Crippen molar-refractivity contribution in [3.63, 3.8) is 0 Å². The van der Waals surface area contributed by atoms with E-state index in [1.807, 2.05) is 0 Å². The van der Waals surface area contributed by atoms with Crippen LogP contribution in [0.15, 0.2) is 10.9 Å². The number of anilines is 1. The van der Waals surface area contributed by atoms with Crippen molar-refractivity contribution in [2.45, 2.75) is 13.5 Å². The quantitative estimate of drug-likeness (QED) is 0.647. The fourth-order valence-corrected chi connectivity index (χ4v) is 1.37. The average Bonchev–Trinajstić information content (AvgIpc) is 2.72. The van der Waals surface area contributed by atoms with Gasteiger partial charge in [-0.15, -0.1) is 0 Å². The molecule has 0 fully saturated rings. The van der Waals surface area contributed by atoms with Crippen molar-refractivity contribution in [2.75, 3.05) is 5.32 Å². The summed E-state index contributed by atoms with van der Waals surface area (Å²) in [5.41, 5.74) is 0.199. The second kappa shape index (κ2) is 4.88. The van der Waals surface area contributed by atoms with E-state index in [4.69, 9.17) is 16.1 Å². The van der Waals surface area contributed by atoms with Gasteiger partial charge in [0, 0.05) is 0 Å². The first-order chi connectivity index (χ1) is 8.20. The van der Waals surface area contributed by atoms with Crippen LogP contribution in [0.1, 0.15) is 22.1 Å². The number of rotatable bonds is 4. The van der Waals surface area contributed by atoms with Crippen molar-refractivity contribution < 1.29 is 9.32 Å². The Labute approximate surface area is 101 Å². The fraction of sp³-hybridized carbons (Fsp3) is 0.222. The Morgan fingerprint density at radius 3 is 3.00 bits per heavy atom. The number of hydrogen-bond donors (Lipinski definition) is 1. The van der Waals surface area contributed by atoms with Crippen LogP contribution in [0.2, 0.25) is 5.15 Å². The summed E-state index contributed by atoms with van der Waals surface area (Å²) in [4.78, 5) is 22.4. The first-order valence-electron chi connectivity index (χ1n) is 4.69. The summed E-state index contributed by atoms with van der Waals surface area (Å²) in [5, 5.41) is 6.60. The van der Waals surface area contributed by atoms with Crippen LogP contribution in [0.4, 0.5) is 5.82 Å². The molecule has 0 radical (unpaired) electrons. The normalized spacial score (nSPS) is 10.2. The average molecular weight is 254 g/mol. The van der Waals surface area contributed by atoms with E-state index in [0.29, 0.717) is 23.8 Å². The third-order valence-electron chi connectivity index (χ3n) is 1.93. The molecule has 8 heteroatoms. The van der Waals surface area contributed by atoms with Gasteiger partial charge in [-0.1, -0.05) is 16.8 Å². The summed E-state index contributed by atoms with van der Waals surface area (Å²) >= 11 is 5.74. The first kappa shape index (κ1) is 11.5. The highest BCUT2D eigenvalue weighted by atomic mass is 35.5. The largest absolute Gasteiger partial charge is 0.360 e. The van der Waals surface area contributed by atoms with E-state index >= 15 is 0 Å². The SMILES string of the molecule is Cc1noc(CNc2ncnc(Cl)c2C=O)n1. The molecule has 0 aliphatic heterocycles. The highest BCUT2D eigenvalue weighted by Gasteiger charge is 2.10. The molecule has 0 atom stereocenters. The zero-order chi connectivity index (χ0) is 12.3. The van der Waals surface area contributed by atoms with E-state index in [2.05, 4.69) is 25.4 Å². The van der Waals surface area contributed by atoms with Gasteiger partial charge in [-0.3, -0.25) is 4.79 Å². The highest BCUT2D eigenvalue weighted by Crippen LogP contribution is 2.17. The smallest absolute Gasteiger partial charge is 0.245 e. The van der Waals surface area contributed by atoms with Gasteiger partial charge in [0.1, 0.15) is 17.3 Å². The predicted molar refractivity (Wildman–Crippen MR) is 58.8 cm³/mol.